The topological polar surface area (TPSA) is 49.4 Å². The normalized spacial score (nSPS) is 10.5. The first-order valence-electron chi connectivity index (χ1n) is 9.38. The van der Waals surface area contributed by atoms with E-state index in [1.54, 1.807) is 29.2 Å². The third kappa shape index (κ3) is 4.01. The first-order valence-corrected chi connectivity index (χ1v) is 9.38. The molecule has 0 heterocycles. The van der Waals surface area contributed by atoms with Crippen LogP contribution in [0.15, 0.2) is 97.1 Å². The number of nitrogens with one attached hydrogen (secondary N) is 1. The molecule has 0 aromatic heterocycles. The fraction of sp³-hybridized carbons (Fsp3) is 0.0400. The number of hydrogen-bond donors (Lipinski definition) is 1. The molecule has 0 atom stereocenters. The Kier molecular flexibility index (Phi) is 5.08. The van der Waals surface area contributed by atoms with Gasteiger partial charge in [-0.2, -0.15) is 0 Å². The molecule has 0 spiro atoms. The van der Waals surface area contributed by atoms with Crippen molar-refractivity contribution >= 4 is 39.6 Å². The first-order chi connectivity index (χ1) is 14.1. The van der Waals surface area contributed by atoms with Gasteiger partial charge in [-0.25, -0.2) is 0 Å². The molecular formula is C25H20N2O2. The number of hydrogen-bond acceptors (Lipinski definition) is 2. The zero-order valence-corrected chi connectivity index (χ0v) is 16.0. The van der Waals surface area contributed by atoms with Gasteiger partial charge < -0.3 is 5.32 Å². The second kappa shape index (κ2) is 7.98. The average molecular weight is 380 g/mol. The quantitative estimate of drug-likeness (QED) is 0.488. The number of anilines is 3. The third-order valence-corrected chi connectivity index (χ3v) is 4.66. The van der Waals surface area contributed by atoms with Gasteiger partial charge in [0.2, 0.25) is 5.91 Å². The van der Waals surface area contributed by atoms with Crippen molar-refractivity contribution in [1.29, 1.82) is 0 Å². The molecule has 0 aliphatic rings. The van der Waals surface area contributed by atoms with Crippen LogP contribution in [0.25, 0.3) is 10.8 Å². The number of para-hydroxylation sites is 1. The number of nitrogens with zero attached hydrogens (tertiary/aromatic N) is 1. The summed E-state index contributed by atoms with van der Waals surface area (Å²) >= 11 is 0. The number of carbonyl (C=O) groups is 2. The lowest BCUT2D eigenvalue weighted by molar-refractivity contribution is -0.114. The molecule has 0 unspecified atom stereocenters. The van der Waals surface area contributed by atoms with E-state index < -0.39 is 0 Å². The molecule has 0 aliphatic heterocycles. The standard InChI is InChI=1S/C25H20N2O2/c1-18(28)26-22-14-11-20(12-15-22)25(29)27(23-9-3-2-4-10-23)24-16-13-19-7-5-6-8-21(19)17-24/h2-17H,1H3,(H,26,28). The summed E-state index contributed by atoms with van der Waals surface area (Å²) in [4.78, 5) is 26.4. The number of benzene rings is 4. The van der Waals surface area contributed by atoms with Crippen LogP contribution in [-0.4, -0.2) is 11.8 Å². The Hall–Kier alpha value is -3.92. The Morgan fingerprint density at radius 2 is 1.34 bits per heavy atom. The zero-order chi connectivity index (χ0) is 20.2. The van der Waals surface area contributed by atoms with E-state index in [4.69, 9.17) is 0 Å². The van der Waals surface area contributed by atoms with Gasteiger partial charge in [-0.15, -0.1) is 0 Å². The monoisotopic (exact) mass is 380 g/mol. The molecule has 0 fully saturated rings. The van der Waals surface area contributed by atoms with Crippen molar-refractivity contribution in [2.75, 3.05) is 10.2 Å². The highest BCUT2D eigenvalue weighted by molar-refractivity contribution is 6.11. The smallest absolute Gasteiger partial charge is 0.262 e. The molecule has 4 aromatic carbocycles. The van der Waals surface area contributed by atoms with Crippen LogP contribution in [0.4, 0.5) is 17.1 Å². The van der Waals surface area contributed by atoms with Gasteiger partial charge in [-0.3, -0.25) is 14.5 Å². The SMILES string of the molecule is CC(=O)Nc1ccc(C(=O)N(c2ccccc2)c2ccc3ccccc3c2)cc1. The molecule has 0 bridgehead atoms. The lowest BCUT2D eigenvalue weighted by Gasteiger charge is -2.24. The van der Waals surface area contributed by atoms with Gasteiger partial charge >= 0.3 is 0 Å². The molecular weight excluding hydrogens is 360 g/mol. The second-order valence-corrected chi connectivity index (χ2v) is 6.77. The van der Waals surface area contributed by atoms with Gasteiger partial charge in [-0.1, -0.05) is 48.5 Å². The minimum atomic E-state index is -0.147. The minimum Gasteiger partial charge on any atom is -0.326 e. The lowest BCUT2D eigenvalue weighted by Crippen LogP contribution is -2.25. The maximum atomic E-state index is 13.5. The van der Waals surface area contributed by atoms with Crippen LogP contribution >= 0.6 is 0 Å². The van der Waals surface area contributed by atoms with Crippen molar-refractivity contribution < 1.29 is 9.59 Å². The van der Waals surface area contributed by atoms with Crippen LogP contribution in [0, 0.1) is 0 Å². The highest BCUT2D eigenvalue weighted by Gasteiger charge is 2.20. The summed E-state index contributed by atoms with van der Waals surface area (Å²) in [5.74, 6) is -0.285. The summed E-state index contributed by atoms with van der Waals surface area (Å²) in [6, 6.07) is 30.6. The van der Waals surface area contributed by atoms with E-state index in [9.17, 15) is 9.59 Å². The van der Waals surface area contributed by atoms with Gasteiger partial charge in [0.25, 0.3) is 5.91 Å². The second-order valence-electron chi connectivity index (χ2n) is 6.77. The molecule has 4 rings (SSSR count). The Bertz CT molecular complexity index is 1170. The van der Waals surface area contributed by atoms with Gasteiger partial charge in [0.1, 0.15) is 0 Å². The Morgan fingerprint density at radius 1 is 0.690 bits per heavy atom. The Labute approximate surface area is 169 Å². The average Bonchev–Trinajstić information content (AvgIpc) is 2.75. The summed E-state index contributed by atoms with van der Waals surface area (Å²) in [5, 5.41) is 4.91. The molecule has 4 heteroatoms. The van der Waals surface area contributed by atoms with Crippen molar-refractivity contribution in [1.82, 2.24) is 0 Å². The van der Waals surface area contributed by atoms with Gasteiger partial charge in [0, 0.05) is 29.5 Å². The molecule has 142 valence electrons. The van der Waals surface area contributed by atoms with Crippen LogP contribution in [0.3, 0.4) is 0 Å². The van der Waals surface area contributed by atoms with E-state index in [-0.39, 0.29) is 11.8 Å². The number of amides is 2. The van der Waals surface area contributed by atoms with E-state index in [1.807, 2.05) is 66.7 Å². The van der Waals surface area contributed by atoms with Crippen LogP contribution in [0.1, 0.15) is 17.3 Å². The molecule has 29 heavy (non-hydrogen) atoms. The van der Waals surface area contributed by atoms with Crippen LogP contribution in [-0.2, 0) is 4.79 Å². The maximum Gasteiger partial charge on any atom is 0.262 e. The molecule has 0 saturated carbocycles. The summed E-state index contributed by atoms with van der Waals surface area (Å²) in [7, 11) is 0. The first kappa shape index (κ1) is 18.4. The number of carbonyl (C=O) groups excluding carboxylic acids is 2. The number of fused-ring (bicyclic) bond motifs is 1. The van der Waals surface area contributed by atoms with Crippen molar-refractivity contribution in [3.05, 3.63) is 103 Å². The lowest BCUT2D eigenvalue weighted by atomic mass is 10.1. The van der Waals surface area contributed by atoms with Gasteiger partial charge in [0.15, 0.2) is 0 Å². The molecule has 0 radical (unpaired) electrons. The number of rotatable bonds is 4. The molecule has 2 amide bonds. The van der Waals surface area contributed by atoms with Crippen molar-refractivity contribution in [2.45, 2.75) is 6.92 Å². The van der Waals surface area contributed by atoms with Crippen molar-refractivity contribution in [3.63, 3.8) is 0 Å². The zero-order valence-electron chi connectivity index (χ0n) is 16.0. The maximum absolute atomic E-state index is 13.5. The predicted molar refractivity (Wildman–Crippen MR) is 118 cm³/mol. The molecule has 4 nitrogen and oxygen atoms in total. The molecule has 0 aliphatic carbocycles. The summed E-state index contributed by atoms with van der Waals surface area (Å²) in [5.41, 5.74) is 2.78. The van der Waals surface area contributed by atoms with Crippen molar-refractivity contribution in [3.8, 4) is 0 Å². The van der Waals surface area contributed by atoms with Gasteiger partial charge in [0.05, 0.1) is 0 Å². The summed E-state index contributed by atoms with van der Waals surface area (Å²) in [6.45, 7) is 1.45. The van der Waals surface area contributed by atoms with Crippen LogP contribution in [0.2, 0.25) is 0 Å². The Morgan fingerprint density at radius 3 is 2.03 bits per heavy atom. The van der Waals surface area contributed by atoms with E-state index in [0.717, 1.165) is 22.1 Å². The molecule has 1 N–H and O–H groups in total. The van der Waals surface area contributed by atoms with E-state index in [0.29, 0.717) is 11.3 Å². The fourth-order valence-corrected chi connectivity index (χ4v) is 3.30. The van der Waals surface area contributed by atoms with E-state index >= 15 is 0 Å². The highest BCUT2D eigenvalue weighted by Crippen LogP contribution is 2.30. The largest absolute Gasteiger partial charge is 0.326 e. The predicted octanol–water partition coefficient (Wildman–Crippen LogP) is 5.78. The van der Waals surface area contributed by atoms with E-state index in [1.165, 1.54) is 6.92 Å². The molecule has 4 aromatic rings. The van der Waals surface area contributed by atoms with Gasteiger partial charge in [-0.05, 0) is 59.3 Å². The molecule has 0 saturated heterocycles. The minimum absolute atomic E-state index is 0.138. The third-order valence-electron chi connectivity index (χ3n) is 4.66. The summed E-state index contributed by atoms with van der Waals surface area (Å²) < 4.78 is 0. The van der Waals surface area contributed by atoms with E-state index in [2.05, 4.69) is 11.4 Å². The fourth-order valence-electron chi connectivity index (χ4n) is 3.30. The van der Waals surface area contributed by atoms with Crippen LogP contribution < -0.4 is 10.2 Å². The van der Waals surface area contributed by atoms with Crippen LogP contribution in [0.5, 0.6) is 0 Å². The summed E-state index contributed by atoms with van der Waals surface area (Å²) in [6.07, 6.45) is 0. The Balaban J connectivity index is 1.76. The van der Waals surface area contributed by atoms with Crippen molar-refractivity contribution in [2.24, 2.45) is 0 Å². The highest BCUT2D eigenvalue weighted by atomic mass is 16.2.